The molecule has 2 rings (SSSR count). The summed E-state index contributed by atoms with van der Waals surface area (Å²) in [5.74, 6) is -1.37. The summed E-state index contributed by atoms with van der Waals surface area (Å²) in [6.07, 6.45) is 1.33. The van der Waals surface area contributed by atoms with Crippen molar-refractivity contribution in [3.8, 4) is 5.75 Å². The molecule has 19 heavy (non-hydrogen) atoms. The molecular weight excluding hydrogens is 246 g/mol. The van der Waals surface area contributed by atoms with Crippen LogP contribution in [0.25, 0.3) is 0 Å². The number of carbonyl (C=O) groups excluding carboxylic acids is 1. The van der Waals surface area contributed by atoms with E-state index >= 15 is 0 Å². The fourth-order valence-corrected chi connectivity index (χ4v) is 2.42. The van der Waals surface area contributed by atoms with Gasteiger partial charge in [0.25, 0.3) is 5.91 Å². The molecule has 102 valence electrons. The molecule has 2 N–H and O–H groups in total. The fraction of sp³-hybridized carbons (Fsp3) is 0.429. The number of phenolic OH excluding ortho intramolecular Hbond substituents is 1. The summed E-state index contributed by atoms with van der Waals surface area (Å²) >= 11 is 0. The Bertz CT molecular complexity index is 512. The minimum Gasteiger partial charge on any atom is -0.508 e. The third-order valence-corrected chi connectivity index (χ3v) is 3.50. The van der Waals surface area contributed by atoms with E-state index in [1.165, 1.54) is 12.1 Å². The molecule has 0 aromatic heterocycles. The maximum atomic E-state index is 12.4. The molecular formula is C14H17NO4. The lowest BCUT2D eigenvalue weighted by atomic mass is 9.97. The van der Waals surface area contributed by atoms with E-state index < -0.39 is 11.9 Å². The maximum absolute atomic E-state index is 12.4. The van der Waals surface area contributed by atoms with Crippen LogP contribution in [0.1, 0.15) is 28.8 Å². The van der Waals surface area contributed by atoms with Gasteiger partial charge in [-0.05, 0) is 43.5 Å². The van der Waals surface area contributed by atoms with Gasteiger partial charge in [-0.25, -0.2) is 0 Å². The van der Waals surface area contributed by atoms with Crippen molar-refractivity contribution >= 4 is 11.9 Å². The molecule has 1 atom stereocenters. The van der Waals surface area contributed by atoms with Crippen LogP contribution in [-0.2, 0) is 4.79 Å². The highest BCUT2D eigenvalue weighted by atomic mass is 16.4. The SMILES string of the molecule is Cc1cc(O)ccc1C(=O)N1CCC[C@H](C(=O)O)C1. The van der Waals surface area contributed by atoms with Gasteiger partial charge < -0.3 is 15.1 Å². The highest BCUT2D eigenvalue weighted by Gasteiger charge is 2.29. The summed E-state index contributed by atoms with van der Waals surface area (Å²) in [5, 5.41) is 18.4. The number of nitrogens with zero attached hydrogens (tertiary/aromatic N) is 1. The number of hydrogen-bond donors (Lipinski definition) is 2. The van der Waals surface area contributed by atoms with Crippen LogP contribution in [0.15, 0.2) is 18.2 Å². The molecule has 1 aromatic rings. The number of aryl methyl sites for hydroxylation is 1. The Hall–Kier alpha value is -2.04. The predicted molar refractivity (Wildman–Crippen MR) is 69.1 cm³/mol. The Labute approximate surface area is 111 Å². The molecule has 1 aliphatic rings. The molecule has 5 nitrogen and oxygen atoms in total. The van der Waals surface area contributed by atoms with Gasteiger partial charge in [0.15, 0.2) is 0 Å². The Morgan fingerprint density at radius 1 is 1.37 bits per heavy atom. The van der Waals surface area contributed by atoms with Crippen LogP contribution in [0.2, 0.25) is 0 Å². The van der Waals surface area contributed by atoms with Gasteiger partial charge in [0.1, 0.15) is 5.75 Å². The van der Waals surface area contributed by atoms with Crippen molar-refractivity contribution in [2.24, 2.45) is 5.92 Å². The molecule has 1 aliphatic heterocycles. The van der Waals surface area contributed by atoms with Gasteiger partial charge in [-0.3, -0.25) is 9.59 Å². The van der Waals surface area contributed by atoms with Gasteiger partial charge in [0, 0.05) is 18.7 Å². The number of phenols is 1. The van der Waals surface area contributed by atoms with E-state index in [-0.39, 0.29) is 18.2 Å². The van der Waals surface area contributed by atoms with E-state index in [9.17, 15) is 14.7 Å². The van der Waals surface area contributed by atoms with Gasteiger partial charge in [0.05, 0.1) is 5.92 Å². The van der Waals surface area contributed by atoms with E-state index in [0.717, 1.165) is 0 Å². The number of benzene rings is 1. The second-order valence-electron chi connectivity index (χ2n) is 4.93. The topological polar surface area (TPSA) is 77.8 Å². The quantitative estimate of drug-likeness (QED) is 0.850. The van der Waals surface area contributed by atoms with E-state index in [4.69, 9.17) is 5.11 Å². The predicted octanol–water partition coefficient (Wildman–Crippen LogP) is 1.64. The van der Waals surface area contributed by atoms with Crippen LogP contribution in [0.4, 0.5) is 0 Å². The van der Waals surface area contributed by atoms with Gasteiger partial charge in [-0.2, -0.15) is 0 Å². The van der Waals surface area contributed by atoms with Crippen LogP contribution >= 0.6 is 0 Å². The first-order valence-electron chi connectivity index (χ1n) is 6.30. The first kappa shape index (κ1) is 13.4. The van der Waals surface area contributed by atoms with Crippen LogP contribution < -0.4 is 0 Å². The smallest absolute Gasteiger partial charge is 0.308 e. The number of hydrogen-bond acceptors (Lipinski definition) is 3. The average Bonchev–Trinajstić information content (AvgIpc) is 2.38. The van der Waals surface area contributed by atoms with Crippen molar-refractivity contribution in [3.63, 3.8) is 0 Å². The van der Waals surface area contributed by atoms with Gasteiger partial charge in [-0.15, -0.1) is 0 Å². The summed E-state index contributed by atoms with van der Waals surface area (Å²) in [4.78, 5) is 24.9. The molecule has 1 saturated heterocycles. The zero-order valence-electron chi connectivity index (χ0n) is 10.8. The third-order valence-electron chi connectivity index (χ3n) is 3.50. The minimum atomic E-state index is -0.847. The first-order valence-corrected chi connectivity index (χ1v) is 6.30. The number of rotatable bonds is 2. The molecule has 1 amide bonds. The third kappa shape index (κ3) is 2.86. The number of carbonyl (C=O) groups is 2. The molecule has 0 aliphatic carbocycles. The molecule has 0 unspecified atom stereocenters. The molecule has 0 radical (unpaired) electrons. The molecule has 1 heterocycles. The number of amides is 1. The lowest BCUT2D eigenvalue weighted by molar-refractivity contribution is -0.143. The summed E-state index contributed by atoms with van der Waals surface area (Å²) in [7, 11) is 0. The number of aliphatic carboxylic acids is 1. The van der Waals surface area contributed by atoms with E-state index in [0.29, 0.717) is 30.5 Å². The molecule has 5 heteroatoms. The van der Waals surface area contributed by atoms with Crippen LogP contribution in [0.3, 0.4) is 0 Å². The summed E-state index contributed by atoms with van der Waals surface area (Å²) in [6, 6.07) is 4.59. The average molecular weight is 263 g/mol. The van der Waals surface area contributed by atoms with Crippen LogP contribution in [0, 0.1) is 12.8 Å². The Balaban J connectivity index is 2.17. The zero-order chi connectivity index (χ0) is 14.0. The van der Waals surface area contributed by atoms with Gasteiger partial charge in [0.2, 0.25) is 0 Å². The minimum absolute atomic E-state index is 0.121. The fourth-order valence-electron chi connectivity index (χ4n) is 2.42. The Morgan fingerprint density at radius 3 is 2.74 bits per heavy atom. The summed E-state index contributed by atoms with van der Waals surface area (Å²) in [6.45, 7) is 2.60. The van der Waals surface area contributed by atoms with Gasteiger partial charge in [-0.1, -0.05) is 0 Å². The second kappa shape index (κ2) is 5.30. The number of aromatic hydroxyl groups is 1. The van der Waals surface area contributed by atoms with Crippen molar-refractivity contribution in [1.82, 2.24) is 4.90 Å². The maximum Gasteiger partial charge on any atom is 0.308 e. The van der Waals surface area contributed by atoms with E-state index in [1.54, 1.807) is 17.9 Å². The number of carboxylic acid groups (broad SMARTS) is 1. The molecule has 0 bridgehead atoms. The van der Waals surface area contributed by atoms with Crippen molar-refractivity contribution in [2.45, 2.75) is 19.8 Å². The van der Waals surface area contributed by atoms with E-state index in [2.05, 4.69) is 0 Å². The summed E-state index contributed by atoms with van der Waals surface area (Å²) in [5.41, 5.74) is 1.21. The number of piperidine rings is 1. The molecule has 1 aromatic carbocycles. The molecule has 0 spiro atoms. The largest absolute Gasteiger partial charge is 0.508 e. The van der Waals surface area contributed by atoms with E-state index in [1.807, 2.05) is 0 Å². The molecule has 1 fully saturated rings. The lowest BCUT2D eigenvalue weighted by Crippen LogP contribution is -2.42. The summed E-state index contributed by atoms with van der Waals surface area (Å²) < 4.78 is 0. The van der Waals surface area contributed by atoms with Crippen molar-refractivity contribution in [1.29, 1.82) is 0 Å². The first-order chi connectivity index (χ1) is 8.99. The zero-order valence-corrected chi connectivity index (χ0v) is 10.8. The number of carboxylic acids is 1. The van der Waals surface area contributed by atoms with Crippen molar-refractivity contribution in [2.75, 3.05) is 13.1 Å². The standard InChI is InChI=1S/C14H17NO4/c1-9-7-11(16)4-5-12(9)13(17)15-6-2-3-10(8-15)14(18)19/h4-5,7,10,16H,2-3,6,8H2,1H3,(H,18,19)/t10-/m0/s1. The van der Waals surface area contributed by atoms with Gasteiger partial charge >= 0.3 is 5.97 Å². The Kier molecular flexibility index (Phi) is 3.74. The highest BCUT2D eigenvalue weighted by molar-refractivity contribution is 5.96. The van der Waals surface area contributed by atoms with Crippen LogP contribution in [-0.4, -0.2) is 40.1 Å². The number of likely N-dealkylation sites (tertiary alicyclic amines) is 1. The van der Waals surface area contributed by atoms with Crippen molar-refractivity contribution in [3.05, 3.63) is 29.3 Å². The second-order valence-corrected chi connectivity index (χ2v) is 4.93. The Morgan fingerprint density at radius 2 is 2.11 bits per heavy atom. The normalized spacial score (nSPS) is 19.2. The van der Waals surface area contributed by atoms with Crippen LogP contribution in [0.5, 0.6) is 5.75 Å². The lowest BCUT2D eigenvalue weighted by Gasteiger charge is -2.31. The molecule has 0 saturated carbocycles. The highest BCUT2D eigenvalue weighted by Crippen LogP contribution is 2.22. The monoisotopic (exact) mass is 263 g/mol. The van der Waals surface area contributed by atoms with Crippen molar-refractivity contribution < 1.29 is 19.8 Å².